The van der Waals surface area contributed by atoms with Crippen molar-refractivity contribution in [1.82, 2.24) is 9.88 Å². The van der Waals surface area contributed by atoms with Crippen LogP contribution in [-0.4, -0.2) is 43.1 Å². The van der Waals surface area contributed by atoms with Gasteiger partial charge in [0, 0.05) is 31.8 Å². The van der Waals surface area contributed by atoms with E-state index in [1.807, 2.05) is 0 Å². The second kappa shape index (κ2) is 5.12. The Hall–Kier alpha value is -1.70. The normalized spacial score (nSPS) is 19.8. The van der Waals surface area contributed by atoms with Crippen LogP contribution in [0.1, 0.15) is 12.0 Å². The highest BCUT2D eigenvalue weighted by Crippen LogP contribution is 2.21. The minimum atomic E-state index is -4.67. The quantitative estimate of drug-likeness (QED) is 0.754. The highest BCUT2D eigenvalue weighted by Gasteiger charge is 2.38. The maximum absolute atomic E-state index is 12.8. The van der Waals surface area contributed by atoms with Crippen LogP contribution in [0.4, 0.5) is 3.89 Å². The van der Waals surface area contributed by atoms with Gasteiger partial charge in [-0.2, -0.15) is 8.42 Å². The van der Waals surface area contributed by atoms with Crippen molar-refractivity contribution < 1.29 is 21.8 Å². The summed E-state index contributed by atoms with van der Waals surface area (Å²) in [6, 6.07) is 3.36. The topological polar surface area (TPSA) is 76.6 Å². The molecule has 0 radical (unpaired) electrons. The van der Waals surface area contributed by atoms with Gasteiger partial charge < -0.3 is 9.64 Å². The molecule has 0 aromatic carbocycles. The summed E-state index contributed by atoms with van der Waals surface area (Å²) < 4.78 is 39.3. The largest absolute Gasteiger partial charge is 0.481 e. The maximum Gasteiger partial charge on any atom is 0.307 e. The zero-order valence-corrected chi connectivity index (χ0v) is 11.1. The molecule has 2 rings (SSSR count). The number of aromatic nitrogens is 1. The van der Waals surface area contributed by atoms with Gasteiger partial charge in [0.05, 0.1) is 7.11 Å². The molecule has 2 heterocycles. The van der Waals surface area contributed by atoms with Gasteiger partial charge >= 0.3 is 10.2 Å². The molecule has 1 aliphatic rings. The van der Waals surface area contributed by atoms with Crippen LogP contribution in [-0.2, 0) is 21.6 Å². The molecule has 0 saturated carbocycles. The lowest BCUT2D eigenvalue weighted by Crippen LogP contribution is -2.26. The van der Waals surface area contributed by atoms with Crippen LogP contribution >= 0.6 is 0 Å². The Balaban J connectivity index is 2.05. The van der Waals surface area contributed by atoms with Gasteiger partial charge in [-0.1, -0.05) is 6.07 Å². The van der Waals surface area contributed by atoms with E-state index in [1.54, 1.807) is 12.1 Å². The molecule has 1 amide bonds. The van der Waals surface area contributed by atoms with Crippen molar-refractivity contribution >= 4 is 16.1 Å². The molecule has 0 N–H and O–H groups in total. The van der Waals surface area contributed by atoms with E-state index in [-0.39, 0.29) is 25.4 Å². The summed E-state index contributed by atoms with van der Waals surface area (Å²) in [5, 5.41) is -1.26. The monoisotopic (exact) mass is 288 g/mol. The number of rotatable bonds is 4. The van der Waals surface area contributed by atoms with Crippen LogP contribution in [0.3, 0.4) is 0 Å². The van der Waals surface area contributed by atoms with E-state index >= 15 is 0 Å². The van der Waals surface area contributed by atoms with E-state index in [2.05, 4.69) is 4.98 Å². The number of nitrogens with zero attached hydrogens (tertiary/aromatic N) is 2. The summed E-state index contributed by atoms with van der Waals surface area (Å²) >= 11 is 0. The van der Waals surface area contributed by atoms with Crippen molar-refractivity contribution in [3.8, 4) is 5.88 Å². The summed E-state index contributed by atoms with van der Waals surface area (Å²) in [5.74, 6) is 0.0720. The summed E-state index contributed by atoms with van der Waals surface area (Å²) in [6.45, 7) is 0.0888. The number of hydrogen-bond acceptors (Lipinski definition) is 5. The average molecular weight is 288 g/mol. The molecule has 0 spiro atoms. The summed E-state index contributed by atoms with van der Waals surface area (Å²) in [4.78, 5) is 16.9. The number of amides is 1. The molecule has 1 aromatic rings. The Kier molecular flexibility index (Phi) is 3.70. The summed E-state index contributed by atoms with van der Waals surface area (Å²) in [6.07, 6.45) is 1.23. The van der Waals surface area contributed by atoms with E-state index in [9.17, 15) is 17.1 Å². The Morgan fingerprint density at radius 1 is 1.53 bits per heavy atom. The zero-order chi connectivity index (χ0) is 14.0. The molecular weight excluding hydrogens is 275 g/mol. The maximum atomic E-state index is 12.8. The fraction of sp³-hybridized carbons (Fsp3) is 0.455. The molecule has 0 aliphatic carbocycles. The number of hydrogen-bond donors (Lipinski definition) is 0. The fourth-order valence-electron chi connectivity index (χ4n) is 1.92. The molecule has 1 unspecified atom stereocenters. The molecule has 104 valence electrons. The smallest absolute Gasteiger partial charge is 0.307 e. The predicted octanol–water partition coefficient (Wildman–Crippen LogP) is 0.490. The molecule has 19 heavy (non-hydrogen) atoms. The van der Waals surface area contributed by atoms with Gasteiger partial charge in [0.25, 0.3) is 0 Å². The van der Waals surface area contributed by atoms with E-state index in [1.165, 1.54) is 18.2 Å². The number of carbonyl (C=O) groups excluding carboxylic acids is 1. The average Bonchev–Trinajstić information content (AvgIpc) is 2.72. The van der Waals surface area contributed by atoms with Gasteiger partial charge in [-0.05, 0) is 5.56 Å². The van der Waals surface area contributed by atoms with Crippen LogP contribution in [0.2, 0.25) is 0 Å². The molecule has 1 fully saturated rings. The second-order valence-electron chi connectivity index (χ2n) is 4.28. The predicted molar refractivity (Wildman–Crippen MR) is 64.6 cm³/mol. The first-order chi connectivity index (χ1) is 8.90. The standard InChI is InChI=1S/C11H13FN2O4S/c1-18-10-3-2-8(5-13-10)6-14-7-9(4-11(14)15)19(12,16)17/h2-3,5,9H,4,6-7H2,1H3. The minimum absolute atomic E-state index is 0.121. The molecular formula is C11H13FN2O4S. The number of halogens is 1. The zero-order valence-electron chi connectivity index (χ0n) is 10.2. The Morgan fingerprint density at radius 2 is 2.26 bits per heavy atom. The van der Waals surface area contributed by atoms with Gasteiger partial charge in [0.15, 0.2) is 0 Å². The molecule has 1 aliphatic heterocycles. The third-order valence-electron chi connectivity index (χ3n) is 2.96. The highest BCUT2D eigenvalue weighted by atomic mass is 32.3. The Labute approximate surface area is 110 Å². The van der Waals surface area contributed by atoms with Crippen molar-refractivity contribution in [3.63, 3.8) is 0 Å². The Bertz CT molecular complexity index is 573. The van der Waals surface area contributed by atoms with E-state index in [0.29, 0.717) is 5.88 Å². The van der Waals surface area contributed by atoms with Crippen molar-refractivity contribution in [2.75, 3.05) is 13.7 Å². The van der Waals surface area contributed by atoms with Crippen molar-refractivity contribution in [3.05, 3.63) is 23.9 Å². The van der Waals surface area contributed by atoms with Gasteiger partial charge in [0.2, 0.25) is 11.8 Å². The van der Waals surface area contributed by atoms with Crippen LogP contribution in [0.15, 0.2) is 18.3 Å². The van der Waals surface area contributed by atoms with E-state index in [4.69, 9.17) is 4.74 Å². The lowest BCUT2D eigenvalue weighted by atomic mass is 10.2. The van der Waals surface area contributed by atoms with Gasteiger partial charge in [0.1, 0.15) is 5.25 Å². The van der Waals surface area contributed by atoms with Gasteiger partial charge in [-0.15, -0.1) is 3.89 Å². The van der Waals surface area contributed by atoms with Crippen molar-refractivity contribution in [1.29, 1.82) is 0 Å². The molecule has 6 nitrogen and oxygen atoms in total. The lowest BCUT2D eigenvalue weighted by Gasteiger charge is -2.15. The number of carbonyl (C=O) groups is 1. The number of likely N-dealkylation sites (tertiary alicyclic amines) is 1. The van der Waals surface area contributed by atoms with Crippen LogP contribution in [0, 0.1) is 0 Å². The lowest BCUT2D eigenvalue weighted by molar-refractivity contribution is -0.128. The van der Waals surface area contributed by atoms with Gasteiger partial charge in [-0.3, -0.25) is 4.79 Å². The summed E-state index contributed by atoms with van der Waals surface area (Å²) in [5.41, 5.74) is 0.728. The molecule has 1 aromatic heterocycles. The van der Waals surface area contributed by atoms with Crippen molar-refractivity contribution in [2.24, 2.45) is 0 Å². The van der Waals surface area contributed by atoms with Crippen molar-refractivity contribution in [2.45, 2.75) is 18.2 Å². The fourth-order valence-corrected chi connectivity index (χ4v) is 2.62. The minimum Gasteiger partial charge on any atom is -0.481 e. The number of ether oxygens (including phenoxy) is 1. The molecule has 0 bridgehead atoms. The molecule has 1 atom stereocenters. The highest BCUT2D eigenvalue weighted by molar-refractivity contribution is 7.87. The first-order valence-corrected chi connectivity index (χ1v) is 7.05. The van der Waals surface area contributed by atoms with E-state index < -0.39 is 15.5 Å². The van der Waals surface area contributed by atoms with Crippen LogP contribution in [0.5, 0.6) is 5.88 Å². The van der Waals surface area contributed by atoms with Crippen LogP contribution < -0.4 is 4.74 Å². The molecule has 8 heteroatoms. The number of methoxy groups -OCH3 is 1. The third-order valence-corrected chi connectivity index (χ3v) is 4.07. The molecule has 1 saturated heterocycles. The van der Waals surface area contributed by atoms with E-state index in [0.717, 1.165) is 5.56 Å². The Morgan fingerprint density at radius 3 is 2.74 bits per heavy atom. The third kappa shape index (κ3) is 3.19. The second-order valence-corrected chi connectivity index (χ2v) is 5.90. The first-order valence-electron chi connectivity index (χ1n) is 5.60. The van der Waals surface area contributed by atoms with Gasteiger partial charge in [-0.25, -0.2) is 4.98 Å². The summed E-state index contributed by atoms with van der Waals surface area (Å²) in [7, 11) is -3.18. The first kappa shape index (κ1) is 13.7. The number of pyridine rings is 1. The van der Waals surface area contributed by atoms with Crippen LogP contribution in [0.25, 0.3) is 0 Å². The SMILES string of the molecule is COc1ccc(CN2CC(S(=O)(=O)F)CC2=O)cn1.